The van der Waals surface area contributed by atoms with Crippen LogP contribution in [-0.2, 0) is 10.1 Å². The summed E-state index contributed by atoms with van der Waals surface area (Å²) in [5, 5.41) is 0. The molecule has 0 aliphatic carbocycles. The van der Waals surface area contributed by atoms with Gasteiger partial charge < -0.3 is 4.90 Å². The summed E-state index contributed by atoms with van der Waals surface area (Å²) in [6.07, 6.45) is 7.46. The molecule has 1 rings (SSSR count). The lowest BCUT2D eigenvalue weighted by molar-refractivity contribution is 0.397. The van der Waals surface area contributed by atoms with Crippen LogP contribution in [0.25, 0.3) is 0 Å². The molecule has 0 bridgehead atoms. The van der Waals surface area contributed by atoms with Crippen LogP contribution in [0.2, 0.25) is 0 Å². The number of unbranched alkanes of at least 4 members (excludes halogenated alkanes) is 1. The van der Waals surface area contributed by atoms with Gasteiger partial charge in [-0.3, -0.25) is 4.55 Å². The lowest BCUT2D eigenvalue weighted by Gasteiger charge is -2.21. The van der Waals surface area contributed by atoms with Gasteiger partial charge in [0.05, 0.1) is 5.75 Å². The van der Waals surface area contributed by atoms with Gasteiger partial charge in [0, 0.05) is 13.1 Å². The fourth-order valence-corrected chi connectivity index (χ4v) is 1.95. The van der Waals surface area contributed by atoms with Crippen molar-refractivity contribution < 1.29 is 13.0 Å². The highest BCUT2D eigenvalue weighted by atomic mass is 32.2. The lowest BCUT2D eigenvalue weighted by Crippen LogP contribution is -2.21. The second-order valence-electron chi connectivity index (χ2n) is 3.75. The monoisotopic (exact) mass is 231 g/mol. The number of nitrogens with zero attached hydrogens (tertiary/aromatic N) is 1. The van der Waals surface area contributed by atoms with Crippen molar-refractivity contribution in [3.63, 3.8) is 0 Å². The number of hydrogen-bond acceptors (Lipinski definition) is 3. The molecule has 0 fully saturated rings. The Labute approximate surface area is 91.0 Å². The average Bonchev–Trinajstić information content (AvgIpc) is 2.14. The van der Waals surface area contributed by atoms with Crippen LogP contribution in [0.1, 0.15) is 19.8 Å². The van der Waals surface area contributed by atoms with Crippen LogP contribution in [0, 0.1) is 0 Å². The first kappa shape index (κ1) is 12.3. The van der Waals surface area contributed by atoms with Crippen molar-refractivity contribution in [3.8, 4) is 0 Å². The van der Waals surface area contributed by atoms with E-state index < -0.39 is 10.1 Å². The van der Waals surface area contributed by atoms with Crippen molar-refractivity contribution in [1.29, 1.82) is 0 Å². The van der Waals surface area contributed by atoms with E-state index in [-0.39, 0.29) is 5.75 Å². The molecular formula is C10H17NO3S. The van der Waals surface area contributed by atoms with Gasteiger partial charge in [-0.2, -0.15) is 8.42 Å². The van der Waals surface area contributed by atoms with Crippen LogP contribution in [0.3, 0.4) is 0 Å². The van der Waals surface area contributed by atoms with E-state index >= 15 is 0 Å². The highest BCUT2D eigenvalue weighted by molar-refractivity contribution is 7.85. The third-order valence-electron chi connectivity index (χ3n) is 2.29. The predicted molar refractivity (Wildman–Crippen MR) is 60.1 cm³/mol. The molecule has 5 heteroatoms. The van der Waals surface area contributed by atoms with Crippen LogP contribution in [0.4, 0.5) is 0 Å². The van der Waals surface area contributed by atoms with Crippen molar-refractivity contribution in [2.45, 2.75) is 19.8 Å². The van der Waals surface area contributed by atoms with Gasteiger partial charge in [0.2, 0.25) is 0 Å². The Balaban J connectivity index is 2.15. The first-order chi connectivity index (χ1) is 6.97. The van der Waals surface area contributed by atoms with Crippen molar-refractivity contribution in [1.82, 2.24) is 4.90 Å². The first-order valence-corrected chi connectivity index (χ1v) is 6.62. The number of allylic oxidation sites excluding steroid dienone is 2. The Morgan fingerprint density at radius 3 is 2.73 bits per heavy atom. The van der Waals surface area contributed by atoms with E-state index in [4.69, 9.17) is 4.55 Å². The third-order valence-corrected chi connectivity index (χ3v) is 3.10. The Hall–Kier alpha value is -0.810. The molecule has 0 aromatic carbocycles. The molecular weight excluding hydrogens is 214 g/mol. The van der Waals surface area contributed by atoms with E-state index in [0.717, 1.165) is 19.5 Å². The zero-order chi connectivity index (χ0) is 11.3. The van der Waals surface area contributed by atoms with Crippen LogP contribution >= 0.6 is 0 Å². The second-order valence-corrected chi connectivity index (χ2v) is 5.32. The Morgan fingerprint density at radius 1 is 1.47 bits per heavy atom. The molecule has 0 aromatic heterocycles. The van der Waals surface area contributed by atoms with Crippen LogP contribution in [0.5, 0.6) is 0 Å². The Morgan fingerprint density at radius 2 is 2.20 bits per heavy atom. The van der Waals surface area contributed by atoms with Crippen LogP contribution < -0.4 is 0 Å². The summed E-state index contributed by atoms with van der Waals surface area (Å²) in [6.45, 7) is 3.76. The van der Waals surface area contributed by atoms with Gasteiger partial charge in [-0.15, -0.1) is 0 Å². The van der Waals surface area contributed by atoms with E-state index in [9.17, 15) is 8.42 Å². The first-order valence-electron chi connectivity index (χ1n) is 5.01. The zero-order valence-electron chi connectivity index (χ0n) is 8.89. The van der Waals surface area contributed by atoms with Gasteiger partial charge in [-0.05, 0) is 32.0 Å². The van der Waals surface area contributed by atoms with E-state index in [1.54, 1.807) is 0 Å². The number of rotatable bonds is 5. The third kappa shape index (κ3) is 5.59. The second kappa shape index (κ2) is 5.32. The minimum atomic E-state index is -3.78. The molecule has 0 saturated carbocycles. The summed E-state index contributed by atoms with van der Waals surface area (Å²) in [5.41, 5.74) is 1.25. The summed E-state index contributed by atoms with van der Waals surface area (Å²) in [4.78, 5) is 2.12. The van der Waals surface area contributed by atoms with Gasteiger partial charge in [-0.1, -0.05) is 11.6 Å². The highest BCUT2D eigenvalue weighted by Crippen LogP contribution is 2.07. The van der Waals surface area contributed by atoms with Gasteiger partial charge in [0.1, 0.15) is 0 Å². The maximum Gasteiger partial charge on any atom is 0.264 e. The fourth-order valence-electron chi connectivity index (χ4n) is 1.38. The molecule has 4 nitrogen and oxygen atoms in total. The lowest BCUT2D eigenvalue weighted by atomic mass is 10.2. The standard InChI is InChI=1S/C10H17NO3S/c1-10-4-7-11(8-5-10)6-2-3-9-15(12,13)14/h4-5,7H,2-3,6,8-9H2,1H3,(H,12,13,14). The van der Waals surface area contributed by atoms with Crippen molar-refractivity contribution in [3.05, 3.63) is 23.9 Å². The van der Waals surface area contributed by atoms with Gasteiger partial charge in [0.25, 0.3) is 10.1 Å². The van der Waals surface area contributed by atoms with Crippen molar-refractivity contribution >= 4 is 10.1 Å². The molecule has 15 heavy (non-hydrogen) atoms. The molecule has 0 radical (unpaired) electrons. The summed E-state index contributed by atoms with van der Waals surface area (Å²) in [7, 11) is -3.78. The molecule has 86 valence electrons. The van der Waals surface area contributed by atoms with E-state index in [1.165, 1.54) is 5.57 Å². The van der Waals surface area contributed by atoms with Gasteiger partial charge >= 0.3 is 0 Å². The van der Waals surface area contributed by atoms with E-state index in [2.05, 4.69) is 11.0 Å². The zero-order valence-corrected chi connectivity index (χ0v) is 9.70. The van der Waals surface area contributed by atoms with Gasteiger partial charge in [-0.25, -0.2) is 0 Å². The molecule has 0 spiro atoms. The topological polar surface area (TPSA) is 57.6 Å². The molecule has 0 unspecified atom stereocenters. The molecule has 1 heterocycles. The van der Waals surface area contributed by atoms with Crippen LogP contribution in [0.15, 0.2) is 23.9 Å². The summed E-state index contributed by atoms with van der Waals surface area (Å²) >= 11 is 0. The van der Waals surface area contributed by atoms with E-state index in [1.807, 2.05) is 19.2 Å². The SMILES string of the molecule is CC1=CCN(CCCCS(=O)(=O)O)C=C1. The molecule has 0 saturated heterocycles. The smallest absolute Gasteiger partial charge is 0.264 e. The molecule has 1 aliphatic heterocycles. The van der Waals surface area contributed by atoms with Crippen molar-refractivity contribution in [2.75, 3.05) is 18.8 Å². The quantitative estimate of drug-likeness (QED) is 0.574. The summed E-state index contributed by atoms with van der Waals surface area (Å²) < 4.78 is 29.4. The van der Waals surface area contributed by atoms with Crippen LogP contribution in [-0.4, -0.2) is 36.7 Å². The number of hydrogen-bond donors (Lipinski definition) is 1. The largest absolute Gasteiger partial charge is 0.374 e. The molecule has 1 aliphatic rings. The predicted octanol–water partition coefficient (Wildman–Crippen LogP) is 1.43. The average molecular weight is 231 g/mol. The summed E-state index contributed by atoms with van der Waals surface area (Å²) in [5.74, 6) is -0.139. The molecule has 0 aromatic rings. The Bertz CT molecular complexity index is 357. The fraction of sp³-hybridized carbons (Fsp3) is 0.600. The Kier molecular flexibility index (Phi) is 4.35. The molecule has 1 N–H and O–H groups in total. The van der Waals surface area contributed by atoms with Gasteiger partial charge in [0.15, 0.2) is 0 Å². The molecule has 0 atom stereocenters. The highest BCUT2D eigenvalue weighted by Gasteiger charge is 2.05. The van der Waals surface area contributed by atoms with Crippen molar-refractivity contribution in [2.24, 2.45) is 0 Å². The maximum absolute atomic E-state index is 10.4. The maximum atomic E-state index is 10.4. The normalized spacial score (nSPS) is 16.7. The minimum Gasteiger partial charge on any atom is -0.374 e. The molecule has 0 amide bonds. The minimum absolute atomic E-state index is 0.139. The summed E-state index contributed by atoms with van der Waals surface area (Å²) in [6, 6.07) is 0. The van der Waals surface area contributed by atoms with E-state index in [0.29, 0.717) is 6.42 Å².